The zero-order chi connectivity index (χ0) is 45.2. The third kappa shape index (κ3) is 42.4. The summed E-state index contributed by atoms with van der Waals surface area (Å²) in [5.41, 5.74) is 0.140. The lowest BCUT2D eigenvalue weighted by Gasteiger charge is -2.23. The van der Waals surface area contributed by atoms with Crippen LogP contribution in [0.4, 0.5) is 11.4 Å². The van der Waals surface area contributed by atoms with Crippen LogP contribution in [0.3, 0.4) is 0 Å². The summed E-state index contributed by atoms with van der Waals surface area (Å²) in [7, 11) is 1.69. The molecule has 0 aliphatic carbocycles. The first-order chi connectivity index (χ1) is 29.4. The monoisotopic (exact) mass is 852 g/mol. The van der Waals surface area contributed by atoms with Crippen molar-refractivity contribution in [2.24, 2.45) is 0 Å². The molecule has 4 N–H and O–H groups in total. The van der Waals surface area contributed by atoms with Gasteiger partial charge in [0, 0.05) is 13.6 Å². The van der Waals surface area contributed by atoms with Gasteiger partial charge in [0.2, 0.25) is 0 Å². The molecule has 9 nitrogen and oxygen atoms in total. The first-order valence-corrected chi connectivity index (χ1v) is 25.4. The minimum absolute atomic E-state index is 0.0256. The number of unbranched alkanes of at least 4 members (excludes halogenated alkanes) is 28. The van der Waals surface area contributed by atoms with E-state index in [1.807, 2.05) is 6.79 Å². The molecular formula is C51H101N3O6. The summed E-state index contributed by atoms with van der Waals surface area (Å²) in [4.78, 5) is 42.3. The zero-order valence-corrected chi connectivity index (χ0v) is 40.4. The second-order valence-corrected chi connectivity index (χ2v) is 17.0. The molecule has 1 aromatic carbocycles. The van der Waals surface area contributed by atoms with Crippen molar-refractivity contribution >= 4 is 24.6 Å². The third-order valence-electron chi connectivity index (χ3n) is 11.6. The Kier molecular flexibility index (Phi) is 54.7. The number of aliphatic hydroxyl groups is 1. The van der Waals surface area contributed by atoms with Crippen molar-refractivity contribution in [1.82, 2.24) is 4.90 Å². The van der Waals surface area contributed by atoms with Gasteiger partial charge in [0.25, 0.3) is 17.3 Å². The van der Waals surface area contributed by atoms with Gasteiger partial charge in [-0.3, -0.25) is 14.4 Å². The summed E-state index contributed by atoms with van der Waals surface area (Å²) < 4.78 is 0. The first kappa shape index (κ1) is 62.0. The maximum atomic E-state index is 11.7. The molecule has 1 rings (SSSR count). The summed E-state index contributed by atoms with van der Waals surface area (Å²) in [6.45, 7) is 15.0. The van der Waals surface area contributed by atoms with Gasteiger partial charge in [-0.25, -0.2) is 0 Å². The number of carbonyl (C=O) groups is 2. The predicted molar refractivity (Wildman–Crippen MR) is 262 cm³/mol. The van der Waals surface area contributed by atoms with Crippen molar-refractivity contribution < 1.29 is 19.8 Å². The van der Waals surface area contributed by atoms with Crippen molar-refractivity contribution in [1.29, 1.82) is 0 Å². The Hall–Kier alpha value is -2.26. The molecule has 0 aliphatic heterocycles. The number of hydrogen-bond donors (Lipinski definition) is 4. The molecule has 0 saturated heterocycles. The van der Waals surface area contributed by atoms with E-state index < -0.39 is 5.43 Å². The van der Waals surface area contributed by atoms with Crippen molar-refractivity contribution in [3.05, 3.63) is 20.4 Å². The molecule has 1 aromatic rings. The minimum atomic E-state index is -0.396. The Labute approximate surface area is 371 Å². The molecular weight excluding hydrogens is 751 g/mol. The van der Waals surface area contributed by atoms with E-state index in [1.165, 1.54) is 219 Å². The van der Waals surface area contributed by atoms with E-state index in [1.54, 1.807) is 7.05 Å². The average molecular weight is 852 g/mol. The van der Waals surface area contributed by atoms with Crippen LogP contribution < -0.4 is 21.5 Å². The fourth-order valence-electron chi connectivity index (χ4n) is 7.76. The van der Waals surface area contributed by atoms with Crippen LogP contribution in [0.2, 0.25) is 0 Å². The Morgan fingerprint density at radius 3 is 1.07 bits per heavy atom. The largest absolute Gasteiger partial charge is 0.483 e. The molecule has 0 radical (unpaired) electrons. The van der Waals surface area contributed by atoms with E-state index in [2.05, 4.69) is 43.2 Å². The summed E-state index contributed by atoms with van der Waals surface area (Å²) >= 11 is 0. The summed E-state index contributed by atoms with van der Waals surface area (Å²) in [5, 5.41) is 22.8. The molecule has 356 valence electrons. The molecule has 0 spiro atoms. The van der Waals surface area contributed by atoms with Gasteiger partial charge < -0.3 is 30.5 Å². The highest BCUT2D eigenvalue weighted by Gasteiger charge is 2.18. The normalized spacial score (nSPS) is 10.8. The maximum absolute atomic E-state index is 11.7. The Morgan fingerprint density at radius 1 is 0.483 bits per heavy atom. The Bertz CT molecular complexity index is 1030. The maximum Gasteiger partial charge on any atom is 0.290 e. The molecule has 0 aromatic heterocycles. The van der Waals surface area contributed by atoms with Crippen LogP contribution in [0.15, 0.2) is 9.59 Å². The molecule has 0 heterocycles. The molecule has 9 heteroatoms. The summed E-state index contributed by atoms with van der Waals surface area (Å²) in [6, 6.07) is 0. The highest BCUT2D eigenvalue weighted by Crippen LogP contribution is 2.16. The smallest absolute Gasteiger partial charge is 0.290 e. The predicted octanol–water partition coefficient (Wildman–Crippen LogP) is 13.6. The SMILES string of the molecule is C=O.CCCCCCCCC(O)CCCCCCCC.CCCCCCCCCCCCCCCCN(CCCCCCCC)CCCNc1c(NC)c(=O)c1=O.O=CO. The van der Waals surface area contributed by atoms with Gasteiger partial charge in [0.1, 0.15) is 18.2 Å². The fraction of sp³-hybridized carbons (Fsp3) is 0.882. The van der Waals surface area contributed by atoms with E-state index >= 15 is 0 Å². The molecule has 0 bridgehead atoms. The van der Waals surface area contributed by atoms with Gasteiger partial charge in [0.15, 0.2) is 0 Å². The van der Waals surface area contributed by atoms with Crippen LogP contribution in [0.25, 0.3) is 0 Å². The second kappa shape index (κ2) is 52.9. The van der Waals surface area contributed by atoms with Crippen LogP contribution in [-0.2, 0) is 9.59 Å². The molecule has 0 atom stereocenters. The Balaban J connectivity index is -0.00000118. The average Bonchev–Trinajstić information content (AvgIpc) is 3.26. The van der Waals surface area contributed by atoms with Gasteiger partial charge in [0.05, 0.1) is 6.10 Å². The molecule has 0 aliphatic rings. The lowest BCUT2D eigenvalue weighted by molar-refractivity contribution is -0.122. The van der Waals surface area contributed by atoms with E-state index in [-0.39, 0.29) is 18.0 Å². The van der Waals surface area contributed by atoms with Crippen molar-refractivity contribution in [2.75, 3.05) is 43.9 Å². The van der Waals surface area contributed by atoms with E-state index in [0.717, 1.165) is 32.4 Å². The van der Waals surface area contributed by atoms with Crippen molar-refractivity contribution in [2.45, 2.75) is 259 Å². The van der Waals surface area contributed by atoms with Crippen LogP contribution in [0.1, 0.15) is 252 Å². The van der Waals surface area contributed by atoms with Gasteiger partial charge >= 0.3 is 0 Å². The standard InChI is InChI=1S/C32H61N3O2.C17H36O.CH2O2.CH2O/c1-4-6-8-10-12-13-14-15-16-17-18-19-21-23-27-35(26-22-20-11-9-7-5-2)28-24-25-34-30-29(33-3)31(36)32(30)37;1-3-5-7-9-11-13-15-17(18)16-14-12-10-8-6-4-2;2-1-3;1-2/h33-34H,4-28H2,1-3H3;17-18H,3-16H2,1-2H3;1H,(H,2,3);1H2. The molecule has 0 fully saturated rings. The molecule has 0 unspecified atom stereocenters. The number of rotatable bonds is 42. The fourth-order valence-corrected chi connectivity index (χ4v) is 7.76. The summed E-state index contributed by atoms with van der Waals surface area (Å²) in [6.07, 6.45) is 46.6. The second-order valence-electron chi connectivity index (χ2n) is 17.0. The lowest BCUT2D eigenvalue weighted by Crippen LogP contribution is -2.37. The number of nitrogens with zero attached hydrogens (tertiary/aromatic N) is 1. The first-order valence-electron chi connectivity index (χ1n) is 25.4. The lowest BCUT2D eigenvalue weighted by atomic mass is 10.0. The van der Waals surface area contributed by atoms with Crippen LogP contribution in [-0.4, -0.2) is 67.7 Å². The van der Waals surface area contributed by atoms with E-state index in [9.17, 15) is 14.7 Å². The Morgan fingerprint density at radius 2 is 0.750 bits per heavy atom. The van der Waals surface area contributed by atoms with E-state index in [0.29, 0.717) is 11.4 Å². The number of anilines is 2. The molecule has 0 amide bonds. The van der Waals surface area contributed by atoms with E-state index in [4.69, 9.17) is 14.7 Å². The third-order valence-corrected chi connectivity index (χ3v) is 11.6. The highest BCUT2D eigenvalue weighted by atomic mass is 16.3. The van der Waals surface area contributed by atoms with Crippen molar-refractivity contribution in [3.63, 3.8) is 0 Å². The van der Waals surface area contributed by atoms with Crippen LogP contribution >= 0.6 is 0 Å². The topological polar surface area (TPSA) is 136 Å². The number of carboxylic acid groups (broad SMARTS) is 1. The summed E-state index contributed by atoms with van der Waals surface area (Å²) in [5.74, 6) is 0. The van der Waals surface area contributed by atoms with Crippen LogP contribution in [0.5, 0.6) is 0 Å². The highest BCUT2D eigenvalue weighted by molar-refractivity contribution is 5.73. The number of carbonyl (C=O) groups excluding carboxylic acids is 1. The van der Waals surface area contributed by atoms with Crippen molar-refractivity contribution in [3.8, 4) is 0 Å². The number of nitrogens with one attached hydrogen (secondary N) is 2. The number of aliphatic hydroxyl groups excluding tert-OH is 1. The minimum Gasteiger partial charge on any atom is -0.483 e. The van der Waals surface area contributed by atoms with Gasteiger partial charge in [-0.05, 0) is 51.7 Å². The van der Waals surface area contributed by atoms with Gasteiger partial charge in [-0.2, -0.15) is 0 Å². The quantitative estimate of drug-likeness (QED) is 0.0288. The van der Waals surface area contributed by atoms with Gasteiger partial charge in [-0.1, -0.05) is 220 Å². The molecule has 0 saturated carbocycles. The zero-order valence-electron chi connectivity index (χ0n) is 40.4. The van der Waals surface area contributed by atoms with Gasteiger partial charge in [-0.15, -0.1) is 0 Å². The van der Waals surface area contributed by atoms with Crippen LogP contribution in [0, 0.1) is 0 Å². The molecule has 60 heavy (non-hydrogen) atoms. The number of hydrogen-bond acceptors (Lipinski definition) is 8.